The summed E-state index contributed by atoms with van der Waals surface area (Å²) in [6.07, 6.45) is 0.197. The second-order valence-corrected chi connectivity index (χ2v) is 14.7. The zero-order valence-electron chi connectivity index (χ0n) is 19.8. The van der Waals surface area contributed by atoms with Crippen LogP contribution in [0.5, 0.6) is 0 Å². The standard InChI is InChI=1S/C21H20N4O9S5/c1-11-7-15(22)17(35-5-2-6-37(26,27)28)10-16(11)24-25-21-23-19-18(39(32,33)34)8-12-3-4-13(38(29,30)31)9-14(12)20(19)36-21/h3-4,7-10H,2,5-6,22H2,1H3,(H,26,27,28)(H,29,30,31)(H,32,33,34). The number of aromatic nitrogens is 1. The number of fused-ring (bicyclic) bond motifs is 3. The average molecular weight is 633 g/mol. The third-order valence-electron chi connectivity index (χ3n) is 5.36. The molecule has 0 atom stereocenters. The van der Waals surface area contributed by atoms with Crippen molar-refractivity contribution in [2.75, 3.05) is 17.2 Å². The van der Waals surface area contributed by atoms with E-state index in [4.69, 9.17) is 10.3 Å². The molecule has 4 rings (SSSR count). The van der Waals surface area contributed by atoms with E-state index in [9.17, 15) is 34.4 Å². The van der Waals surface area contributed by atoms with Gasteiger partial charge in [-0.2, -0.15) is 25.3 Å². The van der Waals surface area contributed by atoms with Gasteiger partial charge in [0, 0.05) is 16.0 Å². The Kier molecular flexibility index (Phi) is 8.03. The van der Waals surface area contributed by atoms with E-state index in [1.807, 2.05) is 0 Å². The molecule has 0 aliphatic rings. The number of benzene rings is 3. The van der Waals surface area contributed by atoms with E-state index in [1.54, 1.807) is 19.1 Å². The van der Waals surface area contributed by atoms with Gasteiger partial charge in [0.2, 0.25) is 5.13 Å². The van der Waals surface area contributed by atoms with E-state index in [-0.39, 0.29) is 38.3 Å². The third-order valence-corrected chi connectivity index (χ3v) is 10.0. The van der Waals surface area contributed by atoms with Crippen LogP contribution in [0.25, 0.3) is 21.0 Å². The van der Waals surface area contributed by atoms with Gasteiger partial charge in [-0.3, -0.25) is 13.7 Å². The quantitative estimate of drug-likeness (QED) is 0.0651. The molecule has 5 N–H and O–H groups in total. The summed E-state index contributed by atoms with van der Waals surface area (Å²) in [4.78, 5) is 3.87. The first-order valence-electron chi connectivity index (χ1n) is 10.7. The number of thiazole rings is 1. The van der Waals surface area contributed by atoms with Gasteiger partial charge in [0.05, 0.1) is 21.0 Å². The summed E-state index contributed by atoms with van der Waals surface area (Å²) < 4.78 is 97.5. The number of nitrogens with two attached hydrogens (primary N) is 1. The second kappa shape index (κ2) is 10.7. The van der Waals surface area contributed by atoms with Gasteiger partial charge in [-0.15, -0.1) is 22.0 Å². The molecule has 1 heterocycles. The van der Waals surface area contributed by atoms with Crippen LogP contribution in [0, 0.1) is 6.92 Å². The van der Waals surface area contributed by atoms with Gasteiger partial charge < -0.3 is 5.73 Å². The summed E-state index contributed by atoms with van der Waals surface area (Å²) in [6.45, 7) is 1.73. The van der Waals surface area contributed by atoms with Crippen LogP contribution in [0.1, 0.15) is 12.0 Å². The summed E-state index contributed by atoms with van der Waals surface area (Å²) >= 11 is 2.16. The molecule has 0 radical (unpaired) electrons. The molecule has 0 unspecified atom stereocenters. The van der Waals surface area contributed by atoms with Crippen molar-refractivity contribution in [2.45, 2.75) is 28.0 Å². The molecule has 0 saturated carbocycles. The summed E-state index contributed by atoms with van der Waals surface area (Å²) in [5.41, 5.74) is 7.39. The molecular formula is C21H20N4O9S5. The van der Waals surface area contributed by atoms with Crippen molar-refractivity contribution >= 4 is 90.9 Å². The molecule has 208 valence electrons. The number of rotatable bonds is 9. The van der Waals surface area contributed by atoms with E-state index in [2.05, 4.69) is 15.2 Å². The highest BCUT2D eigenvalue weighted by Crippen LogP contribution is 2.40. The highest BCUT2D eigenvalue weighted by Gasteiger charge is 2.22. The fraction of sp³-hybridized carbons (Fsp3) is 0.190. The Labute approximate surface area is 231 Å². The summed E-state index contributed by atoms with van der Waals surface area (Å²) in [5, 5.41) is 8.83. The zero-order chi connectivity index (χ0) is 28.8. The Morgan fingerprint density at radius 1 is 0.974 bits per heavy atom. The molecule has 3 aromatic carbocycles. The number of aryl methyl sites for hydroxylation is 1. The highest BCUT2D eigenvalue weighted by molar-refractivity contribution is 7.99. The fourth-order valence-corrected chi connectivity index (χ4v) is 7.38. The monoisotopic (exact) mass is 632 g/mol. The first-order valence-corrected chi connectivity index (χ1v) is 17.0. The lowest BCUT2D eigenvalue weighted by atomic mass is 10.1. The number of azo groups is 1. The molecule has 0 fully saturated rings. The van der Waals surface area contributed by atoms with E-state index < -0.39 is 40.1 Å². The van der Waals surface area contributed by atoms with Gasteiger partial charge >= 0.3 is 0 Å². The molecule has 13 nitrogen and oxygen atoms in total. The van der Waals surface area contributed by atoms with Crippen LogP contribution in [0.3, 0.4) is 0 Å². The van der Waals surface area contributed by atoms with E-state index >= 15 is 0 Å². The summed E-state index contributed by atoms with van der Waals surface area (Å²) in [6, 6.07) is 7.98. The molecule has 0 saturated heterocycles. The van der Waals surface area contributed by atoms with Crippen LogP contribution >= 0.6 is 23.1 Å². The maximum absolute atomic E-state index is 12.1. The van der Waals surface area contributed by atoms with Crippen LogP contribution in [-0.2, 0) is 30.4 Å². The predicted octanol–water partition coefficient (Wildman–Crippen LogP) is 4.62. The maximum atomic E-state index is 12.1. The maximum Gasteiger partial charge on any atom is 0.296 e. The number of thioether (sulfide) groups is 1. The highest BCUT2D eigenvalue weighted by atomic mass is 32.2. The molecule has 1 aromatic heterocycles. The summed E-state index contributed by atoms with van der Waals surface area (Å²) in [7, 11) is -13.3. The average Bonchev–Trinajstić information content (AvgIpc) is 3.23. The normalized spacial score (nSPS) is 13.1. The minimum atomic E-state index is -4.72. The van der Waals surface area contributed by atoms with E-state index in [0.717, 1.165) is 29.5 Å². The minimum absolute atomic E-state index is 0.00163. The first-order chi connectivity index (χ1) is 18.0. The topological polar surface area (TPSA) is 227 Å². The van der Waals surface area contributed by atoms with Crippen molar-refractivity contribution in [3.63, 3.8) is 0 Å². The van der Waals surface area contributed by atoms with Crippen molar-refractivity contribution in [3.8, 4) is 0 Å². The molecule has 0 aliphatic carbocycles. The van der Waals surface area contributed by atoms with E-state index in [0.29, 0.717) is 27.6 Å². The van der Waals surface area contributed by atoms with Gasteiger partial charge in [-0.1, -0.05) is 17.4 Å². The fourth-order valence-electron chi connectivity index (χ4n) is 3.58. The predicted molar refractivity (Wildman–Crippen MR) is 148 cm³/mol. The molecule has 0 spiro atoms. The van der Waals surface area contributed by atoms with Gasteiger partial charge in [0.15, 0.2) is 0 Å². The first kappa shape index (κ1) is 29.3. The van der Waals surface area contributed by atoms with Crippen molar-refractivity contribution in [2.24, 2.45) is 10.2 Å². The van der Waals surface area contributed by atoms with Crippen LogP contribution in [0.2, 0.25) is 0 Å². The Morgan fingerprint density at radius 3 is 2.33 bits per heavy atom. The molecule has 39 heavy (non-hydrogen) atoms. The van der Waals surface area contributed by atoms with Crippen LogP contribution in [0.15, 0.2) is 61.3 Å². The molecule has 0 bridgehead atoms. The SMILES string of the molecule is Cc1cc(N)c(SCCCS(=O)(=O)O)cc1N=Nc1nc2c(S(=O)(=O)O)cc3ccc(S(=O)(=O)O)cc3c2s1. The van der Waals surface area contributed by atoms with Crippen LogP contribution in [0.4, 0.5) is 16.5 Å². The van der Waals surface area contributed by atoms with Crippen molar-refractivity contribution in [1.29, 1.82) is 0 Å². The van der Waals surface area contributed by atoms with Gasteiger partial charge in [-0.05, 0) is 60.4 Å². The smallest absolute Gasteiger partial charge is 0.296 e. The second-order valence-electron chi connectivity index (χ2n) is 8.25. The van der Waals surface area contributed by atoms with Crippen molar-refractivity contribution in [1.82, 2.24) is 4.98 Å². The third kappa shape index (κ3) is 6.90. The van der Waals surface area contributed by atoms with Crippen molar-refractivity contribution in [3.05, 3.63) is 42.0 Å². The number of hydrogen-bond donors (Lipinski definition) is 4. The Balaban J connectivity index is 1.75. The van der Waals surface area contributed by atoms with Crippen molar-refractivity contribution < 1.29 is 38.9 Å². The molecule has 18 heteroatoms. The molecule has 0 aliphatic heterocycles. The Morgan fingerprint density at radius 2 is 1.69 bits per heavy atom. The van der Waals surface area contributed by atoms with E-state index in [1.165, 1.54) is 17.8 Å². The summed E-state index contributed by atoms with van der Waals surface area (Å²) in [5.74, 6) is -0.0273. The largest absolute Gasteiger partial charge is 0.398 e. The number of hydrogen-bond acceptors (Lipinski definition) is 12. The molecule has 0 amide bonds. The molecule has 4 aromatic rings. The lowest BCUT2D eigenvalue weighted by molar-refractivity contribution is 0.480. The number of anilines is 1. The minimum Gasteiger partial charge on any atom is -0.398 e. The van der Waals surface area contributed by atoms with Gasteiger partial charge in [0.25, 0.3) is 30.4 Å². The molecular weight excluding hydrogens is 613 g/mol. The van der Waals surface area contributed by atoms with Crippen LogP contribution < -0.4 is 5.73 Å². The Hall–Kier alpha value is -2.71. The lowest BCUT2D eigenvalue weighted by Crippen LogP contribution is -2.04. The lowest BCUT2D eigenvalue weighted by Gasteiger charge is -2.08. The Bertz CT molecular complexity index is 1970. The number of nitrogens with zero attached hydrogens (tertiary/aromatic N) is 3. The zero-order valence-corrected chi connectivity index (χ0v) is 23.9. The van der Waals surface area contributed by atoms with Gasteiger partial charge in [0.1, 0.15) is 10.4 Å². The number of nitrogen functional groups attached to an aromatic ring is 1. The van der Waals surface area contributed by atoms with Crippen LogP contribution in [-0.4, -0.2) is 55.4 Å². The van der Waals surface area contributed by atoms with Gasteiger partial charge in [-0.25, -0.2) is 4.98 Å².